The maximum Gasteiger partial charge on any atom is 0.341 e. The minimum Gasteiger partial charge on any atom is -0.462 e. The van der Waals surface area contributed by atoms with Gasteiger partial charge in [-0.05, 0) is 19.1 Å². The summed E-state index contributed by atoms with van der Waals surface area (Å²) in [4.78, 5) is 11.8. The molecule has 2 heterocycles. The van der Waals surface area contributed by atoms with Gasteiger partial charge in [0.2, 0.25) is 0 Å². The van der Waals surface area contributed by atoms with Gasteiger partial charge in [0.15, 0.2) is 0 Å². The Balaban J connectivity index is 2.41. The lowest BCUT2D eigenvalue weighted by Gasteiger charge is -2.13. The Hall–Kier alpha value is -2.13. The first-order valence-corrected chi connectivity index (χ1v) is 7.64. The van der Waals surface area contributed by atoms with Crippen LogP contribution in [0, 0.1) is 0 Å². The smallest absolute Gasteiger partial charge is 0.341 e. The molecule has 2 rings (SSSR count). The zero-order valence-electron chi connectivity index (χ0n) is 11.9. The van der Waals surface area contributed by atoms with Gasteiger partial charge in [-0.2, -0.15) is 17.8 Å². The fourth-order valence-electron chi connectivity index (χ4n) is 1.65. The fourth-order valence-corrected chi connectivity index (χ4v) is 2.26. The first kappa shape index (κ1) is 15.3. The van der Waals surface area contributed by atoms with Gasteiger partial charge in [0, 0.05) is 20.3 Å². The second-order valence-corrected chi connectivity index (χ2v) is 6.30. The fraction of sp³-hybridized carbons (Fsp3) is 0.333. The van der Waals surface area contributed by atoms with Crippen molar-refractivity contribution in [2.24, 2.45) is 0 Å². The highest BCUT2D eigenvalue weighted by Crippen LogP contribution is 2.18. The van der Waals surface area contributed by atoms with Gasteiger partial charge in [-0.3, -0.25) is 4.72 Å². The number of anilines is 1. The first-order valence-electron chi connectivity index (χ1n) is 6.20. The van der Waals surface area contributed by atoms with Crippen LogP contribution in [0.3, 0.4) is 0 Å². The Bertz CT molecular complexity index is 767. The van der Waals surface area contributed by atoms with E-state index in [0.717, 1.165) is 4.31 Å². The molecule has 0 bridgehead atoms. The number of pyridine rings is 1. The number of nitrogens with one attached hydrogen (secondary N) is 1. The molecule has 2 aromatic rings. The molecule has 0 aliphatic rings. The molecule has 0 radical (unpaired) electrons. The van der Waals surface area contributed by atoms with E-state index in [1.807, 2.05) is 0 Å². The van der Waals surface area contributed by atoms with Crippen molar-refractivity contribution in [1.29, 1.82) is 0 Å². The topological polar surface area (TPSA) is 93.0 Å². The second kappa shape index (κ2) is 5.70. The van der Waals surface area contributed by atoms with Crippen molar-refractivity contribution in [2.75, 3.05) is 25.4 Å². The minimum absolute atomic E-state index is 0.253. The number of esters is 1. The van der Waals surface area contributed by atoms with E-state index in [1.54, 1.807) is 19.2 Å². The quantitative estimate of drug-likeness (QED) is 0.822. The Morgan fingerprint density at radius 3 is 2.81 bits per heavy atom. The lowest BCUT2D eigenvalue weighted by Crippen LogP contribution is -2.28. The van der Waals surface area contributed by atoms with Gasteiger partial charge in [-0.15, -0.1) is 0 Å². The number of hydrogen-bond acceptors (Lipinski definition) is 5. The molecule has 2 aromatic heterocycles. The van der Waals surface area contributed by atoms with Gasteiger partial charge in [0.05, 0.1) is 24.0 Å². The third kappa shape index (κ3) is 3.14. The molecule has 1 N–H and O–H groups in total. The number of nitrogens with zero attached hydrogens (tertiary/aromatic N) is 3. The molecule has 0 unspecified atom stereocenters. The van der Waals surface area contributed by atoms with E-state index in [4.69, 9.17) is 4.74 Å². The normalized spacial score (nSPS) is 11.8. The van der Waals surface area contributed by atoms with Crippen LogP contribution in [0.4, 0.5) is 5.69 Å². The van der Waals surface area contributed by atoms with Crippen LogP contribution in [0.1, 0.15) is 17.3 Å². The van der Waals surface area contributed by atoms with Crippen LogP contribution < -0.4 is 4.72 Å². The van der Waals surface area contributed by atoms with Gasteiger partial charge in [0.1, 0.15) is 5.56 Å². The highest BCUT2D eigenvalue weighted by Gasteiger charge is 2.16. The standard InChI is InChI=1S/C12H16N4O4S/c1-4-20-12(17)10-8-13-16-6-5-9(7-11(10)16)14-21(18,19)15(2)3/h5-8,14H,4H2,1-3H3. The third-order valence-corrected chi connectivity index (χ3v) is 4.20. The number of aromatic nitrogens is 2. The summed E-state index contributed by atoms with van der Waals surface area (Å²) in [6.45, 7) is 1.96. The molecule has 0 saturated carbocycles. The van der Waals surface area contributed by atoms with E-state index in [9.17, 15) is 13.2 Å². The predicted octanol–water partition coefficient (Wildman–Crippen LogP) is 0.729. The minimum atomic E-state index is -3.61. The largest absolute Gasteiger partial charge is 0.462 e. The van der Waals surface area contributed by atoms with Crippen LogP contribution in [0.15, 0.2) is 24.5 Å². The molecule has 9 heteroatoms. The molecule has 0 saturated heterocycles. The molecule has 0 atom stereocenters. The summed E-state index contributed by atoms with van der Waals surface area (Å²) in [5, 5.41) is 4.02. The van der Waals surface area contributed by atoms with Crippen molar-refractivity contribution in [3.05, 3.63) is 30.1 Å². The second-order valence-electron chi connectivity index (χ2n) is 4.41. The molecule has 8 nitrogen and oxygen atoms in total. The third-order valence-electron chi connectivity index (χ3n) is 2.74. The van der Waals surface area contributed by atoms with Crippen LogP contribution in [0.2, 0.25) is 0 Å². The monoisotopic (exact) mass is 312 g/mol. The highest BCUT2D eigenvalue weighted by atomic mass is 32.2. The SMILES string of the molecule is CCOC(=O)c1cnn2ccc(NS(=O)(=O)N(C)C)cc12. The van der Waals surface area contributed by atoms with Gasteiger partial charge in [0.25, 0.3) is 0 Å². The summed E-state index contributed by atoms with van der Waals surface area (Å²) in [5.74, 6) is -0.500. The van der Waals surface area contributed by atoms with Crippen molar-refractivity contribution in [2.45, 2.75) is 6.92 Å². The first-order chi connectivity index (χ1) is 9.85. The predicted molar refractivity (Wildman–Crippen MR) is 77.4 cm³/mol. The van der Waals surface area contributed by atoms with Crippen molar-refractivity contribution in [1.82, 2.24) is 13.9 Å². The number of rotatable bonds is 5. The summed E-state index contributed by atoms with van der Waals surface area (Å²) in [5.41, 5.74) is 1.08. The van der Waals surface area contributed by atoms with Crippen molar-refractivity contribution in [3.63, 3.8) is 0 Å². The van der Waals surface area contributed by atoms with Crippen LogP contribution >= 0.6 is 0 Å². The molecular weight excluding hydrogens is 296 g/mol. The van der Waals surface area contributed by atoms with Gasteiger partial charge in [-0.1, -0.05) is 0 Å². The zero-order valence-corrected chi connectivity index (χ0v) is 12.7. The summed E-state index contributed by atoms with van der Waals surface area (Å²) in [6, 6.07) is 3.08. The molecule has 0 fully saturated rings. The van der Waals surface area contributed by atoms with Crippen LogP contribution in [0.5, 0.6) is 0 Å². The van der Waals surface area contributed by atoms with Gasteiger partial charge in [-0.25, -0.2) is 9.31 Å². The molecule has 0 aliphatic carbocycles. The lowest BCUT2D eigenvalue weighted by molar-refractivity contribution is 0.0528. The highest BCUT2D eigenvalue weighted by molar-refractivity contribution is 7.90. The van der Waals surface area contributed by atoms with E-state index in [0.29, 0.717) is 11.2 Å². The van der Waals surface area contributed by atoms with Crippen LogP contribution in [-0.2, 0) is 14.9 Å². The molecule has 114 valence electrons. The van der Waals surface area contributed by atoms with E-state index in [-0.39, 0.29) is 12.2 Å². The number of carbonyl (C=O) groups excluding carboxylic acids is 1. The van der Waals surface area contributed by atoms with Crippen molar-refractivity contribution >= 4 is 27.4 Å². The molecule has 0 spiro atoms. The van der Waals surface area contributed by atoms with E-state index >= 15 is 0 Å². The number of carbonyl (C=O) groups is 1. The molecule has 0 aliphatic heterocycles. The molecular formula is C12H16N4O4S. The van der Waals surface area contributed by atoms with Crippen molar-refractivity contribution in [3.8, 4) is 0 Å². The Labute approximate surface area is 122 Å². The van der Waals surface area contributed by atoms with Crippen LogP contribution in [-0.4, -0.2) is 49.0 Å². The summed E-state index contributed by atoms with van der Waals surface area (Å²) < 4.78 is 33.5. The number of ether oxygens (including phenoxy) is 1. The molecule has 21 heavy (non-hydrogen) atoms. The molecule has 0 amide bonds. The summed E-state index contributed by atoms with van der Waals surface area (Å²) in [6.07, 6.45) is 2.95. The summed E-state index contributed by atoms with van der Waals surface area (Å²) in [7, 11) is -0.768. The Morgan fingerprint density at radius 1 is 1.48 bits per heavy atom. The maximum absolute atomic E-state index is 11.8. The molecule has 0 aromatic carbocycles. The van der Waals surface area contributed by atoms with Crippen molar-refractivity contribution < 1.29 is 17.9 Å². The average Bonchev–Trinajstić information content (AvgIpc) is 2.81. The Morgan fingerprint density at radius 2 is 2.19 bits per heavy atom. The van der Waals surface area contributed by atoms with Crippen LogP contribution in [0.25, 0.3) is 5.52 Å². The van der Waals surface area contributed by atoms with E-state index in [2.05, 4.69) is 9.82 Å². The van der Waals surface area contributed by atoms with E-state index in [1.165, 1.54) is 30.9 Å². The average molecular weight is 312 g/mol. The number of hydrogen-bond donors (Lipinski definition) is 1. The van der Waals surface area contributed by atoms with Gasteiger partial charge >= 0.3 is 16.2 Å². The Kier molecular flexibility index (Phi) is 4.14. The number of fused-ring (bicyclic) bond motifs is 1. The zero-order chi connectivity index (χ0) is 15.6. The maximum atomic E-state index is 11.8. The lowest BCUT2D eigenvalue weighted by atomic mass is 10.2. The summed E-state index contributed by atoms with van der Waals surface area (Å²) >= 11 is 0. The van der Waals surface area contributed by atoms with Gasteiger partial charge < -0.3 is 4.74 Å². The van der Waals surface area contributed by atoms with E-state index < -0.39 is 16.2 Å².